The Morgan fingerprint density at radius 2 is 2.13 bits per heavy atom. The van der Waals surface area contributed by atoms with Gasteiger partial charge in [0.05, 0.1) is 6.54 Å². The molecular weight excluding hydrogens is 186 g/mol. The first kappa shape index (κ1) is 12.2. The highest BCUT2D eigenvalue weighted by atomic mass is 15.3. The number of aryl methyl sites for hydroxylation is 1. The summed E-state index contributed by atoms with van der Waals surface area (Å²) in [6.45, 7) is 7.48. The van der Waals surface area contributed by atoms with E-state index in [1.165, 1.54) is 31.4 Å². The molecule has 3 heteroatoms. The van der Waals surface area contributed by atoms with Gasteiger partial charge in [0.25, 0.3) is 0 Å². The molecule has 1 N–H and O–H groups in total. The Bertz CT molecular complexity index is 255. The standard InChI is InChI=1S/C12H23N3/c1-3-4-5-6-8-13-10-11-15-12(2)7-9-14-15/h7,9,13H,3-6,8,10-11H2,1-2H3. The summed E-state index contributed by atoms with van der Waals surface area (Å²) in [4.78, 5) is 0. The van der Waals surface area contributed by atoms with Crippen molar-refractivity contribution in [2.24, 2.45) is 0 Å². The molecule has 0 spiro atoms. The molecule has 0 aliphatic heterocycles. The summed E-state index contributed by atoms with van der Waals surface area (Å²) in [6, 6.07) is 2.04. The van der Waals surface area contributed by atoms with Gasteiger partial charge in [-0.15, -0.1) is 0 Å². The highest BCUT2D eigenvalue weighted by Gasteiger charge is 1.95. The highest BCUT2D eigenvalue weighted by Crippen LogP contribution is 1.97. The minimum absolute atomic E-state index is 0.979. The van der Waals surface area contributed by atoms with Crippen LogP contribution < -0.4 is 5.32 Å². The monoisotopic (exact) mass is 209 g/mol. The second-order valence-electron chi connectivity index (χ2n) is 4.01. The Labute approximate surface area is 92.9 Å². The van der Waals surface area contributed by atoms with E-state index >= 15 is 0 Å². The van der Waals surface area contributed by atoms with Crippen molar-refractivity contribution in [1.29, 1.82) is 0 Å². The van der Waals surface area contributed by atoms with Gasteiger partial charge in [0.15, 0.2) is 0 Å². The molecule has 86 valence electrons. The lowest BCUT2D eigenvalue weighted by molar-refractivity contribution is 0.528. The molecule has 0 aromatic carbocycles. The summed E-state index contributed by atoms with van der Waals surface area (Å²) in [6.07, 6.45) is 7.18. The molecule has 1 heterocycles. The van der Waals surface area contributed by atoms with Gasteiger partial charge in [-0.1, -0.05) is 26.2 Å². The smallest absolute Gasteiger partial charge is 0.0537 e. The number of hydrogen-bond donors (Lipinski definition) is 1. The van der Waals surface area contributed by atoms with E-state index < -0.39 is 0 Å². The van der Waals surface area contributed by atoms with Gasteiger partial charge in [-0.25, -0.2) is 0 Å². The van der Waals surface area contributed by atoms with Crippen LogP contribution >= 0.6 is 0 Å². The third kappa shape index (κ3) is 4.98. The van der Waals surface area contributed by atoms with Gasteiger partial charge >= 0.3 is 0 Å². The fourth-order valence-corrected chi connectivity index (χ4v) is 1.62. The zero-order chi connectivity index (χ0) is 10.9. The minimum Gasteiger partial charge on any atom is -0.315 e. The van der Waals surface area contributed by atoms with Crippen LogP contribution in [0, 0.1) is 6.92 Å². The maximum atomic E-state index is 4.24. The number of aromatic nitrogens is 2. The molecule has 0 amide bonds. The highest BCUT2D eigenvalue weighted by molar-refractivity contribution is 4.96. The Balaban J connectivity index is 1.96. The van der Waals surface area contributed by atoms with Gasteiger partial charge in [0.1, 0.15) is 0 Å². The molecule has 1 aromatic heterocycles. The van der Waals surface area contributed by atoms with Crippen LogP contribution in [0.3, 0.4) is 0 Å². The van der Waals surface area contributed by atoms with Crippen LogP contribution in [0.1, 0.15) is 38.3 Å². The molecule has 0 fully saturated rings. The van der Waals surface area contributed by atoms with E-state index in [0.29, 0.717) is 0 Å². The quantitative estimate of drug-likeness (QED) is 0.666. The second kappa shape index (κ2) is 7.46. The lowest BCUT2D eigenvalue weighted by atomic mass is 10.2. The van der Waals surface area contributed by atoms with E-state index in [2.05, 4.69) is 24.3 Å². The third-order valence-corrected chi connectivity index (χ3v) is 2.64. The second-order valence-corrected chi connectivity index (χ2v) is 4.01. The van der Waals surface area contributed by atoms with E-state index in [4.69, 9.17) is 0 Å². The first-order chi connectivity index (χ1) is 7.34. The molecule has 0 radical (unpaired) electrons. The van der Waals surface area contributed by atoms with Crippen molar-refractivity contribution in [1.82, 2.24) is 15.1 Å². The molecule has 0 saturated carbocycles. The van der Waals surface area contributed by atoms with Crippen LogP contribution in [0.4, 0.5) is 0 Å². The van der Waals surface area contributed by atoms with Gasteiger partial charge in [-0.2, -0.15) is 5.10 Å². The minimum atomic E-state index is 0.979. The summed E-state index contributed by atoms with van der Waals surface area (Å²) in [5, 5.41) is 7.69. The van der Waals surface area contributed by atoms with E-state index in [1.54, 1.807) is 0 Å². The van der Waals surface area contributed by atoms with Crippen molar-refractivity contribution in [3.63, 3.8) is 0 Å². The van der Waals surface area contributed by atoms with Crippen LogP contribution in [0.2, 0.25) is 0 Å². The Morgan fingerprint density at radius 3 is 2.80 bits per heavy atom. The number of unbranched alkanes of at least 4 members (excludes halogenated alkanes) is 3. The van der Waals surface area contributed by atoms with E-state index in [0.717, 1.165) is 19.6 Å². The molecule has 0 unspecified atom stereocenters. The van der Waals surface area contributed by atoms with Crippen LogP contribution in [-0.4, -0.2) is 22.9 Å². The largest absolute Gasteiger partial charge is 0.315 e. The van der Waals surface area contributed by atoms with Crippen LogP contribution in [0.15, 0.2) is 12.3 Å². The molecule has 3 nitrogen and oxygen atoms in total. The molecule has 1 aromatic rings. The van der Waals surface area contributed by atoms with Crippen molar-refractivity contribution in [3.8, 4) is 0 Å². The predicted octanol–water partition coefficient (Wildman–Crippen LogP) is 2.36. The Hall–Kier alpha value is -0.830. The first-order valence-electron chi connectivity index (χ1n) is 6.03. The first-order valence-corrected chi connectivity index (χ1v) is 6.03. The van der Waals surface area contributed by atoms with Crippen molar-refractivity contribution in [3.05, 3.63) is 18.0 Å². The molecule has 0 aliphatic carbocycles. The summed E-state index contributed by atoms with van der Waals surface area (Å²) in [5.41, 5.74) is 1.24. The van der Waals surface area contributed by atoms with Crippen molar-refractivity contribution in [2.75, 3.05) is 13.1 Å². The lowest BCUT2D eigenvalue weighted by Gasteiger charge is -2.06. The maximum Gasteiger partial charge on any atom is 0.0537 e. The average molecular weight is 209 g/mol. The molecule has 0 saturated heterocycles. The molecule has 1 rings (SSSR count). The number of rotatable bonds is 8. The van der Waals surface area contributed by atoms with Gasteiger partial charge in [0.2, 0.25) is 0 Å². The molecule has 15 heavy (non-hydrogen) atoms. The Kier molecular flexibility index (Phi) is 6.09. The van der Waals surface area contributed by atoms with Gasteiger partial charge in [-0.05, 0) is 26.0 Å². The predicted molar refractivity (Wildman–Crippen MR) is 64.0 cm³/mol. The Morgan fingerprint density at radius 1 is 1.27 bits per heavy atom. The van der Waals surface area contributed by atoms with Gasteiger partial charge < -0.3 is 5.32 Å². The number of nitrogens with zero attached hydrogens (tertiary/aromatic N) is 2. The molecule has 0 bridgehead atoms. The summed E-state index contributed by atoms with van der Waals surface area (Å²) >= 11 is 0. The van der Waals surface area contributed by atoms with Gasteiger partial charge in [-0.3, -0.25) is 4.68 Å². The third-order valence-electron chi connectivity index (χ3n) is 2.64. The zero-order valence-corrected chi connectivity index (χ0v) is 10.00. The van der Waals surface area contributed by atoms with Crippen molar-refractivity contribution in [2.45, 2.75) is 46.1 Å². The van der Waals surface area contributed by atoms with Gasteiger partial charge in [0, 0.05) is 18.4 Å². The zero-order valence-electron chi connectivity index (χ0n) is 10.00. The topological polar surface area (TPSA) is 29.9 Å². The average Bonchev–Trinajstić information content (AvgIpc) is 2.63. The van der Waals surface area contributed by atoms with Crippen LogP contribution in [0.5, 0.6) is 0 Å². The lowest BCUT2D eigenvalue weighted by Crippen LogP contribution is -2.21. The van der Waals surface area contributed by atoms with E-state index in [9.17, 15) is 0 Å². The summed E-state index contributed by atoms with van der Waals surface area (Å²) in [5.74, 6) is 0. The number of nitrogens with one attached hydrogen (secondary N) is 1. The SMILES string of the molecule is CCCCCCNCCn1nccc1C. The normalized spacial score (nSPS) is 10.8. The number of hydrogen-bond acceptors (Lipinski definition) is 2. The van der Waals surface area contributed by atoms with E-state index in [1.807, 2.05) is 16.9 Å². The van der Waals surface area contributed by atoms with Crippen molar-refractivity contribution >= 4 is 0 Å². The van der Waals surface area contributed by atoms with Crippen LogP contribution in [0.25, 0.3) is 0 Å². The maximum absolute atomic E-state index is 4.24. The summed E-state index contributed by atoms with van der Waals surface area (Å²) < 4.78 is 2.04. The summed E-state index contributed by atoms with van der Waals surface area (Å²) in [7, 11) is 0. The van der Waals surface area contributed by atoms with Crippen molar-refractivity contribution < 1.29 is 0 Å². The molecular formula is C12H23N3. The molecule has 0 aliphatic rings. The van der Waals surface area contributed by atoms with Crippen LogP contribution in [-0.2, 0) is 6.54 Å². The fourth-order valence-electron chi connectivity index (χ4n) is 1.62. The molecule has 0 atom stereocenters. The van der Waals surface area contributed by atoms with E-state index in [-0.39, 0.29) is 0 Å². The fraction of sp³-hybridized carbons (Fsp3) is 0.750.